The molecule has 2 aromatic heterocycles. The third kappa shape index (κ3) is 1.66. The summed E-state index contributed by atoms with van der Waals surface area (Å²) in [5.74, 6) is 0.418. The first kappa shape index (κ1) is 10.2. The smallest absolute Gasteiger partial charge is 0.165 e. The number of aromatic nitrogens is 4. The van der Waals surface area contributed by atoms with Gasteiger partial charge < -0.3 is 16.0 Å². The van der Waals surface area contributed by atoms with Crippen molar-refractivity contribution in [3.63, 3.8) is 0 Å². The van der Waals surface area contributed by atoms with Gasteiger partial charge >= 0.3 is 0 Å². The van der Waals surface area contributed by atoms with Gasteiger partial charge in [-0.2, -0.15) is 0 Å². The zero-order valence-electron chi connectivity index (χ0n) is 9.37. The van der Waals surface area contributed by atoms with Gasteiger partial charge in [-0.15, -0.1) is 0 Å². The van der Waals surface area contributed by atoms with Crippen LogP contribution in [0.3, 0.4) is 0 Å². The SMILES string of the molecule is Nc1ncnc2c1ncn2C/C=C1/CCC1N. The summed E-state index contributed by atoms with van der Waals surface area (Å²) in [4.78, 5) is 12.3. The number of nitrogen functional groups attached to an aromatic ring is 1. The lowest BCUT2D eigenvalue weighted by Gasteiger charge is -2.25. The Morgan fingerprint density at radius 3 is 3.00 bits per heavy atom. The fraction of sp³-hybridized carbons (Fsp3) is 0.364. The first-order valence-corrected chi connectivity index (χ1v) is 5.61. The number of hydrogen-bond donors (Lipinski definition) is 2. The van der Waals surface area contributed by atoms with Gasteiger partial charge in [-0.05, 0) is 12.8 Å². The molecule has 4 N–H and O–H groups in total. The average Bonchev–Trinajstić information content (AvgIpc) is 2.72. The number of nitrogens with two attached hydrogens (primary N) is 2. The number of nitrogens with zero attached hydrogens (tertiary/aromatic N) is 4. The maximum Gasteiger partial charge on any atom is 0.165 e. The van der Waals surface area contributed by atoms with Gasteiger partial charge in [-0.1, -0.05) is 11.6 Å². The highest BCUT2D eigenvalue weighted by Gasteiger charge is 2.18. The number of anilines is 1. The van der Waals surface area contributed by atoms with Crippen LogP contribution in [-0.2, 0) is 6.54 Å². The first-order chi connectivity index (χ1) is 8.25. The predicted molar refractivity (Wildman–Crippen MR) is 65.0 cm³/mol. The molecule has 17 heavy (non-hydrogen) atoms. The van der Waals surface area contributed by atoms with E-state index in [2.05, 4.69) is 21.0 Å². The summed E-state index contributed by atoms with van der Waals surface area (Å²) in [6, 6.07) is 0.240. The van der Waals surface area contributed by atoms with E-state index in [1.165, 1.54) is 11.9 Å². The van der Waals surface area contributed by atoms with Gasteiger partial charge in [0.2, 0.25) is 0 Å². The van der Waals surface area contributed by atoms with E-state index >= 15 is 0 Å². The Kier molecular flexibility index (Phi) is 2.29. The number of rotatable bonds is 2. The maximum absolute atomic E-state index is 5.86. The van der Waals surface area contributed by atoms with Crippen molar-refractivity contribution in [2.24, 2.45) is 5.73 Å². The van der Waals surface area contributed by atoms with E-state index in [0.717, 1.165) is 25.0 Å². The second-order valence-corrected chi connectivity index (χ2v) is 4.25. The van der Waals surface area contributed by atoms with Gasteiger partial charge in [-0.3, -0.25) is 0 Å². The Balaban J connectivity index is 1.91. The molecule has 1 aliphatic rings. The second-order valence-electron chi connectivity index (χ2n) is 4.25. The van der Waals surface area contributed by atoms with Crippen LogP contribution >= 0.6 is 0 Å². The zero-order chi connectivity index (χ0) is 11.8. The molecule has 2 aromatic rings. The minimum atomic E-state index is 0.240. The van der Waals surface area contributed by atoms with Crippen molar-refractivity contribution in [1.82, 2.24) is 19.5 Å². The van der Waals surface area contributed by atoms with Crippen molar-refractivity contribution >= 4 is 17.0 Å². The molecular formula is C11H14N6. The Morgan fingerprint density at radius 1 is 1.41 bits per heavy atom. The van der Waals surface area contributed by atoms with E-state index in [-0.39, 0.29) is 6.04 Å². The van der Waals surface area contributed by atoms with Gasteiger partial charge in [-0.25, -0.2) is 15.0 Å². The molecule has 88 valence electrons. The van der Waals surface area contributed by atoms with Crippen molar-refractivity contribution in [2.75, 3.05) is 5.73 Å². The summed E-state index contributed by atoms with van der Waals surface area (Å²) in [5.41, 5.74) is 14.3. The molecule has 2 heterocycles. The van der Waals surface area contributed by atoms with Crippen molar-refractivity contribution < 1.29 is 0 Å². The molecule has 6 heteroatoms. The Morgan fingerprint density at radius 2 is 2.29 bits per heavy atom. The number of allylic oxidation sites excluding steroid dienone is 1. The highest BCUT2D eigenvalue weighted by molar-refractivity contribution is 5.81. The molecule has 0 spiro atoms. The number of imidazole rings is 1. The molecule has 1 fully saturated rings. The summed E-state index contributed by atoms with van der Waals surface area (Å²) in [5, 5.41) is 0. The van der Waals surface area contributed by atoms with E-state index < -0.39 is 0 Å². The lowest BCUT2D eigenvalue weighted by molar-refractivity contribution is 0.550. The third-order valence-corrected chi connectivity index (χ3v) is 3.20. The van der Waals surface area contributed by atoms with Gasteiger partial charge in [0.25, 0.3) is 0 Å². The molecule has 0 saturated heterocycles. The van der Waals surface area contributed by atoms with Crippen molar-refractivity contribution in [2.45, 2.75) is 25.4 Å². The highest BCUT2D eigenvalue weighted by atomic mass is 15.1. The molecule has 1 atom stereocenters. The van der Waals surface area contributed by atoms with Crippen LogP contribution in [0.5, 0.6) is 0 Å². The van der Waals surface area contributed by atoms with Crippen LogP contribution in [0.2, 0.25) is 0 Å². The summed E-state index contributed by atoms with van der Waals surface area (Å²) in [7, 11) is 0. The largest absolute Gasteiger partial charge is 0.382 e. The Bertz CT molecular complexity index is 585. The standard InChI is InChI=1S/C11H14N6/c12-8-2-1-7(8)3-4-17-6-16-9-10(13)14-5-15-11(9)17/h3,5-6,8H,1-2,4,12H2,(H2,13,14,15)/b7-3-. The molecule has 0 amide bonds. The van der Waals surface area contributed by atoms with Crippen LogP contribution in [0.4, 0.5) is 5.82 Å². The summed E-state index contributed by atoms with van der Waals surface area (Å²) in [6.45, 7) is 0.732. The van der Waals surface area contributed by atoms with Gasteiger partial charge in [0, 0.05) is 12.6 Å². The predicted octanol–water partition coefficient (Wildman–Crippen LogP) is 0.456. The van der Waals surface area contributed by atoms with E-state index in [1.807, 2.05) is 4.57 Å². The Labute approximate surface area is 98.4 Å². The van der Waals surface area contributed by atoms with Crippen molar-refractivity contribution in [3.05, 3.63) is 24.3 Å². The van der Waals surface area contributed by atoms with E-state index in [0.29, 0.717) is 11.3 Å². The normalized spacial score (nSPS) is 21.9. The summed E-state index contributed by atoms with van der Waals surface area (Å²) < 4.78 is 1.95. The quantitative estimate of drug-likeness (QED) is 0.730. The van der Waals surface area contributed by atoms with Gasteiger partial charge in [0.1, 0.15) is 11.8 Å². The van der Waals surface area contributed by atoms with E-state index in [4.69, 9.17) is 11.5 Å². The molecule has 1 aliphatic carbocycles. The minimum Gasteiger partial charge on any atom is -0.382 e. The lowest BCUT2D eigenvalue weighted by atomic mass is 9.86. The van der Waals surface area contributed by atoms with Crippen LogP contribution in [0, 0.1) is 0 Å². The van der Waals surface area contributed by atoms with Crippen LogP contribution < -0.4 is 11.5 Å². The molecule has 0 aliphatic heterocycles. The fourth-order valence-electron chi connectivity index (χ4n) is 1.98. The molecular weight excluding hydrogens is 216 g/mol. The molecule has 0 aromatic carbocycles. The van der Waals surface area contributed by atoms with E-state index in [9.17, 15) is 0 Å². The van der Waals surface area contributed by atoms with Crippen LogP contribution in [0.25, 0.3) is 11.2 Å². The molecule has 1 saturated carbocycles. The number of hydrogen-bond acceptors (Lipinski definition) is 5. The van der Waals surface area contributed by atoms with Crippen molar-refractivity contribution in [3.8, 4) is 0 Å². The second kappa shape index (κ2) is 3.81. The molecule has 3 rings (SSSR count). The van der Waals surface area contributed by atoms with Gasteiger partial charge in [0.15, 0.2) is 11.5 Å². The van der Waals surface area contributed by atoms with Crippen molar-refractivity contribution in [1.29, 1.82) is 0 Å². The summed E-state index contributed by atoms with van der Waals surface area (Å²) >= 11 is 0. The monoisotopic (exact) mass is 230 g/mol. The third-order valence-electron chi connectivity index (χ3n) is 3.20. The summed E-state index contributed by atoms with van der Waals surface area (Å²) in [6.07, 6.45) is 7.53. The van der Waals surface area contributed by atoms with Crippen LogP contribution in [0.1, 0.15) is 12.8 Å². The molecule has 6 nitrogen and oxygen atoms in total. The average molecular weight is 230 g/mol. The lowest BCUT2D eigenvalue weighted by Crippen LogP contribution is -2.31. The van der Waals surface area contributed by atoms with Gasteiger partial charge in [0.05, 0.1) is 6.33 Å². The molecule has 0 bridgehead atoms. The topological polar surface area (TPSA) is 95.6 Å². The highest BCUT2D eigenvalue weighted by Crippen LogP contribution is 2.24. The molecule has 0 radical (unpaired) electrons. The first-order valence-electron chi connectivity index (χ1n) is 5.61. The maximum atomic E-state index is 5.86. The Hall–Kier alpha value is -1.95. The van der Waals surface area contributed by atoms with E-state index in [1.54, 1.807) is 6.33 Å². The minimum absolute atomic E-state index is 0.240. The number of fused-ring (bicyclic) bond motifs is 1. The molecule has 1 unspecified atom stereocenters. The fourth-order valence-corrected chi connectivity index (χ4v) is 1.98. The zero-order valence-corrected chi connectivity index (χ0v) is 9.37. The van der Waals surface area contributed by atoms with Crippen LogP contribution in [0.15, 0.2) is 24.3 Å². The van der Waals surface area contributed by atoms with Crippen LogP contribution in [-0.4, -0.2) is 25.6 Å².